The Morgan fingerprint density at radius 3 is 2.85 bits per heavy atom. The molecule has 5 heteroatoms. The molecule has 2 atom stereocenters. The van der Waals surface area contributed by atoms with Crippen LogP contribution in [0.1, 0.15) is 40.9 Å². The molecule has 3 aromatic rings. The topological polar surface area (TPSA) is 80.7 Å². The monoisotopic (exact) mass is 348 g/mol. The van der Waals surface area contributed by atoms with Crippen molar-refractivity contribution in [2.45, 2.75) is 25.2 Å². The third-order valence-electron chi connectivity index (χ3n) is 4.62. The number of benzene rings is 1. The van der Waals surface area contributed by atoms with Crippen LogP contribution in [0, 0.1) is 6.92 Å². The summed E-state index contributed by atoms with van der Waals surface area (Å²) in [7, 11) is 0. The Kier molecular flexibility index (Phi) is 3.86. The first kappa shape index (κ1) is 16.2. The Morgan fingerprint density at radius 2 is 2.12 bits per heavy atom. The van der Waals surface area contributed by atoms with E-state index in [0.717, 1.165) is 23.8 Å². The van der Waals surface area contributed by atoms with Crippen LogP contribution >= 0.6 is 0 Å². The van der Waals surface area contributed by atoms with Gasteiger partial charge in [-0.1, -0.05) is 6.07 Å². The van der Waals surface area contributed by atoms with Crippen LogP contribution in [0.3, 0.4) is 0 Å². The van der Waals surface area contributed by atoms with Gasteiger partial charge in [-0.05, 0) is 48.7 Å². The molecule has 1 N–H and O–H groups in total. The van der Waals surface area contributed by atoms with E-state index in [9.17, 15) is 9.59 Å². The number of aryl methyl sites for hydroxylation is 1. The lowest BCUT2D eigenvalue weighted by molar-refractivity contribution is -0.131. The number of carboxylic acids is 1. The average molecular weight is 348 g/mol. The molecule has 2 heterocycles. The lowest BCUT2D eigenvalue weighted by Crippen LogP contribution is -2.02. The minimum atomic E-state index is -1.07. The molecule has 26 heavy (non-hydrogen) atoms. The fourth-order valence-corrected chi connectivity index (χ4v) is 3.24. The van der Waals surface area contributed by atoms with Gasteiger partial charge in [-0.25, -0.2) is 4.79 Å². The van der Waals surface area contributed by atoms with Crippen molar-refractivity contribution in [3.05, 3.63) is 81.3 Å². The first-order valence-electron chi connectivity index (χ1n) is 8.30. The van der Waals surface area contributed by atoms with E-state index in [1.807, 2.05) is 13.0 Å². The predicted octanol–water partition coefficient (Wildman–Crippen LogP) is 4.22. The van der Waals surface area contributed by atoms with Crippen molar-refractivity contribution in [2.24, 2.45) is 0 Å². The normalized spacial score (nSPS) is 18.3. The van der Waals surface area contributed by atoms with Gasteiger partial charge in [0.05, 0.1) is 17.7 Å². The Morgan fingerprint density at radius 1 is 1.27 bits per heavy atom. The van der Waals surface area contributed by atoms with Crippen molar-refractivity contribution < 1.29 is 18.7 Å². The number of carboxylic acid groups (broad SMARTS) is 1. The third-order valence-corrected chi connectivity index (χ3v) is 4.62. The van der Waals surface area contributed by atoms with Crippen molar-refractivity contribution in [3.63, 3.8) is 0 Å². The van der Waals surface area contributed by atoms with Crippen molar-refractivity contribution in [2.75, 3.05) is 0 Å². The van der Waals surface area contributed by atoms with Crippen LogP contribution in [-0.2, 0) is 4.79 Å². The molecule has 1 aliphatic rings. The molecular formula is C21H16O5. The van der Waals surface area contributed by atoms with Crippen molar-refractivity contribution in [1.82, 2.24) is 0 Å². The lowest BCUT2D eigenvalue weighted by Gasteiger charge is -2.03. The Labute approximate surface area is 148 Å². The molecule has 130 valence electrons. The van der Waals surface area contributed by atoms with Gasteiger partial charge in [0.15, 0.2) is 5.43 Å². The van der Waals surface area contributed by atoms with E-state index in [4.69, 9.17) is 13.9 Å². The van der Waals surface area contributed by atoms with Crippen LogP contribution in [0.5, 0.6) is 0 Å². The molecular weight excluding hydrogens is 332 g/mol. The van der Waals surface area contributed by atoms with Crippen molar-refractivity contribution >= 4 is 23.0 Å². The molecule has 1 aliphatic carbocycles. The fraction of sp³-hybridized carbons (Fsp3) is 0.190. The van der Waals surface area contributed by atoms with Crippen LogP contribution in [0.25, 0.3) is 17.0 Å². The molecule has 1 aromatic carbocycles. The molecule has 1 saturated carbocycles. The van der Waals surface area contributed by atoms with Gasteiger partial charge in [-0.3, -0.25) is 4.79 Å². The zero-order valence-electron chi connectivity index (χ0n) is 14.1. The summed E-state index contributed by atoms with van der Waals surface area (Å²) in [6.45, 7) is 2.01. The van der Waals surface area contributed by atoms with Crippen molar-refractivity contribution in [1.29, 1.82) is 0 Å². The van der Waals surface area contributed by atoms with Gasteiger partial charge in [-0.15, -0.1) is 5.73 Å². The van der Waals surface area contributed by atoms with Gasteiger partial charge in [0.2, 0.25) is 0 Å². The SMILES string of the molecule is Cc1ccoc1C1CC1c1cc(=O)c2cc(C=C=CC(=O)O)ccc2o1. The number of furan rings is 1. The number of carbonyl (C=O) groups is 1. The smallest absolute Gasteiger partial charge is 0.336 e. The first-order chi connectivity index (χ1) is 12.5. The highest BCUT2D eigenvalue weighted by Gasteiger charge is 2.44. The average Bonchev–Trinajstić information content (AvgIpc) is 3.28. The Bertz CT molecular complexity index is 1120. The van der Waals surface area contributed by atoms with Crippen LogP contribution < -0.4 is 5.43 Å². The summed E-state index contributed by atoms with van der Waals surface area (Å²) in [4.78, 5) is 23.0. The standard InChI is InChI=1S/C21H16O5/c1-12-7-8-25-21(12)15-10-14(15)19-11-17(22)16-9-13(3-2-4-20(23)24)5-6-18(16)26-19/h3-9,11,14-15H,10H2,1H3,(H,23,24). The highest BCUT2D eigenvalue weighted by molar-refractivity contribution is 5.82. The van der Waals surface area contributed by atoms with E-state index in [0.29, 0.717) is 22.3 Å². The second kappa shape index (κ2) is 6.21. The molecule has 0 amide bonds. The zero-order chi connectivity index (χ0) is 18.3. The Hall–Kier alpha value is -3.30. The molecule has 4 rings (SSSR count). The maximum Gasteiger partial charge on any atom is 0.336 e. The summed E-state index contributed by atoms with van der Waals surface area (Å²) in [5.41, 5.74) is 4.77. The predicted molar refractivity (Wildman–Crippen MR) is 96.2 cm³/mol. The minimum Gasteiger partial charge on any atom is -0.478 e. The summed E-state index contributed by atoms with van der Waals surface area (Å²) < 4.78 is 11.5. The number of aliphatic carboxylic acids is 1. The molecule has 1 fully saturated rings. The maximum absolute atomic E-state index is 12.5. The van der Waals surface area contributed by atoms with Gasteiger partial charge in [0, 0.05) is 17.9 Å². The molecule has 0 bridgehead atoms. The van der Waals surface area contributed by atoms with Gasteiger partial charge < -0.3 is 13.9 Å². The van der Waals surface area contributed by atoms with Crippen LogP contribution in [0.15, 0.2) is 62.0 Å². The molecule has 0 saturated heterocycles. The third kappa shape index (κ3) is 3.01. The maximum atomic E-state index is 12.5. The van der Waals surface area contributed by atoms with Crippen LogP contribution in [-0.4, -0.2) is 11.1 Å². The summed E-state index contributed by atoms with van der Waals surface area (Å²) in [5, 5.41) is 9.06. The van der Waals surface area contributed by atoms with E-state index in [1.54, 1.807) is 30.5 Å². The van der Waals surface area contributed by atoms with E-state index >= 15 is 0 Å². The number of rotatable bonds is 4. The summed E-state index contributed by atoms with van der Waals surface area (Å²) in [6.07, 6.45) is 5.02. The summed E-state index contributed by atoms with van der Waals surface area (Å²) in [5.74, 6) is 0.988. The van der Waals surface area contributed by atoms with E-state index in [2.05, 4.69) is 5.73 Å². The Balaban J connectivity index is 1.66. The molecule has 5 nitrogen and oxygen atoms in total. The van der Waals surface area contributed by atoms with Crippen molar-refractivity contribution in [3.8, 4) is 0 Å². The highest BCUT2D eigenvalue weighted by Crippen LogP contribution is 2.55. The van der Waals surface area contributed by atoms with E-state index in [1.165, 1.54) is 6.08 Å². The highest BCUT2D eigenvalue weighted by atomic mass is 16.4. The molecule has 2 unspecified atom stereocenters. The second-order valence-electron chi connectivity index (χ2n) is 6.48. The molecule has 0 aliphatic heterocycles. The molecule has 2 aromatic heterocycles. The van der Waals surface area contributed by atoms with Gasteiger partial charge in [-0.2, -0.15) is 0 Å². The van der Waals surface area contributed by atoms with E-state index in [-0.39, 0.29) is 17.3 Å². The van der Waals surface area contributed by atoms with Gasteiger partial charge >= 0.3 is 5.97 Å². The van der Waals surface area contributed by atoms with Gasteiger partial charge in [0.1, 0.15) is 17.1 Å². The largest absolute Gasteiger partial charge is 0.478 e. The molecule has 0 spiro atoms. The number of hydrogen-bond acceptors (Lipinski definition) is 4. The van der Waals surface area contributed by atoms with E-state index < -0.39 is 5.97 Å². The van der Waals surface area contributed by atoms with Crippen LogP contribution in [0.2, 0.25) is 0 Å². The fourth-order valence-electron chi connectivity index (χ4n) is 3.24. The summed E-state index contributed by atoms with van der Waals surface area (Å²) >= 11 is 0. The lowest BCUT2D eigenvalue weighted by atomic mass is 10.1. The number of fused-ring (bicyclic) bond motifs is 1. The molecule has 0 radical (unpaired) electrons. The summed E-state index contributed by atoms with van der Waals surface area (Å²) in [6, 6.07) is 8.65. The minimum absolute atomic E-state index is 0.111. The number of hydrogen-bond donors (Lipinski definition) is 1. The van der Waals surface area contributed by atoms with Gasteiger partial charge in [0.25, 0.3) is 0 Å². The zero-order valence-corrected chi connectivity index (χ0v) is 14.1. The quantitative estimate of drug-likeness (QED) is 0.564. The first-order valence-corrected chi connectivity index (χ1v) is 8.30. The van der Waals surface area contributed by atoms with Crippen LogP contribution in [0.4, 0.5) is 0 Å². The second-order valence-corrected chi connectivity index (χ2v) is 6.48.